The second-order valence-corrected chi connectivity index (χ2v) is 8.30. The summed E-state index contributed by atoms with van der Waals surface area (Å²) in [4.78, 5) is 23.5. The second-order valence-electron chi connectivity index (χ2n) is 8.30. The fraction of sp³-hybridized carbons (Fsp3) is 0.684. The predicted molar refractivity (Wildman–Crippen MR) is 94.8 cm³/mol. The number of carbonyl (C=O) groups is 1. The van der Waals surface area contributed by atoms with Gasteiger partial charge in [-0.3, -0.25) is 19.6 Å². The zero-order valence-corrected chi connectivity index (χ0v) is 15.1. The van der Waals surface area contributed by atoms with E-state index in [0.717, 1.165) is 45.7 Å². The van der Waals surface area contributed by atoms with Gasteiger partial charge in [0.15, 0.2) is 0 Å². The molecule has 1 N–H and O–H groups in total. The first kappa shape index (κ1) is 16.9. The van der Waals surface area contributed by atoms with Gasteiger partial charge in [-0.05, 0) is 18.1 Å². The topological polar surface area (TPSA) is 59.9 Å². The highest BCUT2D eigenvalue weighted by molar-refractivity contribution is 5.79. The molecule has 6 nitrogen and oxygen atoms in total. The van der Waals surface area contributed by atoms with E-state index in [-0.39, 0.29) is 23.5 Å². The molecule has 25 heavy (non-hydrogen) atoms. The van der Waals surface area contributed by atoms with E-state index in [9.17, 15) is 9.90 Å². The first-order chi connectivity index (χ1) is 12.0. The van der Waals surface area contributed by atoms with Crippen LogP contribution < -0.4 is 0 Å². The summed E-state index contributed by atoms with van der Waals surface area (Å²) < 4.78 is 0. The molecule has 0 bridgehead atoms. The molecule has 6 heteroatoms. The van der Waals surface area contributed by atoms with Crippen molar-refractivity contribution in [3.8, 4) is 0 Å². The molecule has 2 atom stereocenters. The molecule has 2 unspecified atom stereocenters. The van der Waals surface area contributed by atoms with Crippen LogP contribution in [0.3, 0.4) is 0 Å². The summed E-state index contributed by atoms with van der Waals surface area (Å²) in [5, 5.41) is 10.2. The Morgan fingerprint density at radius 2 is 2.16 bits per heavy atom. The number of likely N-dealkylation sites (tertiary alicyclic amines) is 1. The Bertz CT molecular complexity index is 630. The lowest BCUT2D eigenvalue weighted by Crippen LogP contribution is -2.78. The number of hydrogen-bond acceptors (Lipinski definition) is 5. The van der Waals surface area contributed by atoms with E-state index >= 15 is 0 Å². The van der Waals surface area contributed by atoms with Crippen LogP contribution >= 0.6 is 0 Å². The van der Waals surface area contributed by atoms with Crippen molar-refractivity contribution in [2.24, 2.45) is 5.92 Å². The number of aromatic nitrogens is 1. The molecule has 0 aliphatic carbocycles. The maximum atomic E-state index is 12.3. The second kappa shape index (κ2) is 6.34. The third kappa shape index (κ3) is 3.07. The van der Waals surface area contributed by atoms with Crippen LogP contribution in [0.15, 0.2) is 24.5 Å². The highest BCUT2D eigenvalue weighted by atomic mass is 16.3. The highest BCUT2D eigenvalue weighted by Gasteiger charge is 2.57. The number of aliphatic hydroxyl groups excluding tert-OH is 1. The van der Waals surface area contributed by atoms with E-state index in [1.807, 2.05) is 31.0 Å². The SMILES string of the molecule is CC(C)C(=O)N1CC2(CN(Cc3cccnc3)CC3CC(O)CN32)C1. The van der Waals surface area contributed by atoms with Crippen LogP contribution in [0, 0.1) is 5.92 Å². The molecule has 1 amide bonds. The van der Waals surface area contributed by atoms with Gasteiger partial charge in [-0.15, -0.1) is 0 Å². The number of hydrogen-bond donors (Lipinski definition) is 1. The lowest BCUT2D eigenvalue weighted by atomic mass is 9.83. The van der Waals surface area contributed by atoms with Gasteiger partial charge in [0.25, 0.3) is 0 Å². The maximum absolute atomic E-state index is 12.3. The fourth-order valence-electron chi connectivity index (χ4n) is 4.85. The molecule has 1 spiro atoms. The summed E-state index contributed by atoms with van der Waals surface area (Å²) in [6.07, 6.45) is 4.33. The lowest BCUT2D eigenvalue weighted by molar-refractivity contribution is -0.159. The fourth-order valence-corrected chi connectivity index (χ4v) is 4.85. The minimum Gasteiger partial charge on any atom is -0.392 e. The lowest BCUT2D eigenvalue weighted by Gasteiger charge is -2.61. The van der Waals surface area contributed by atoms with Gasteiger partial charge in [0, 0.05) is 63.6 Å². The van der Waals surface area contributed by atoms with E-state index in [1.54, 1.807) is 6.20 Å². The van der Waals surface area contributed by atoms with Gasteiger partial charge < -0.3 is 10.0 Å². The number of rotatable bonds is 3. The summed E-state index contributed by atoms with van der Waals surface area (Å²) >= 11 is 0. The molecule has 4 rings (SSSR count). The van der Waals surface area contributed by atoms with Crippen LogP contribution in [0.5, 0.6) is 0 Å². The molecule has 136 valence electrons. The molecule has 3 aliphatic rings. The Morgan fingerprint density at radius 3 is 2.84 bits per heavy atom. The molecule has 1 aromatic heterocycles. The number of aliphatic hydroxyl groups is 1. The van der Waals surface area contributed by atoms with Crippen molar-refractivity contribution in [1.82, 2.24) is 19.7 Å². The minimum absolute atomic E-state index is 0.00710. The Hall–Kier alpha value is -1.50. The van der Waals surface area contributed by atoms with Gasteiger partial charge in [-0.2, -0.15) is 0 Å². The van der Waals surface area contributed by atoms with Crippen LogP contribution in [0.25, 0.3) is 0 Å². The molecule has 0 radical (unpaired) electrons. The van der Waals surface area contributed by atoms with Gasteiger partial charge in [0.1, 0.15) is 0 Å². The van der Waals surface area contributed by atoms with Gasteiger partial charge in [-0.1, -0.05) is 19.9 Å². The summed E-state index contributed by atoms with van der Waals surface area (Å²) in [5.41, 5.74) is 1.23. The van der Waals surface area contributed by atoms with Gasteiger partial charge in [-0.25, -0.2) is 0 Å². The summed E-state index contributed by atoms with van der Waals surface area (Å²) in [5.74, 6) is 0.290. The molecule has 3 saturated heterocycles. The molecule has 0 saturated carbocycles. The average molecular weight is 344 g/mol. The number of nitrogens with zero attached hydrogens (tertiary/aromatic N) is 4. The van der Waals surface area contributed by atoms with Crippen molar-refractivity contribution in [2.75, 3.05) is 32.7 Å². The minimum atomic E-state index is -0.241. The molecule has 3 fully saturated rings. The van der Waals surface area contributed by atoms with Crippen molar-refractivity contribution in [3.63, 3.8) is 0 Å². The molecule has 1 aromatic rings. The average Bonchev–Trinajstić information content (AvgIpc) is 2.92. The molecule has 4 heterocycles. The Labute approximate surface area is 149 Å². The van der Waals surface area contributed by atoms with E-state index in [4.69, 9.17) is 0 Å². The van der Waals surface area contributed by atoms with Gasteiger partial charge in [0.2, 0.25) is 5.91 Å². The van der Waals surface area contributed by atoms with Crippen molar-refractivity contribution in [1.29, 1.82) is 0 Å². The first-order valence-electron chi connectivity index (χ1n) is 9.32. The normalized spacial score (nSPS) is 29.0. The maximum Gasteiger partial charge on any atom is 0.225 e. The predicted octanol–water partition coefficient (Wildman–Crippen LogP) is 0.569. The number of fused-ring (bicyclic) bond motifs is 2. The van der Waals surface area contributed by atoms with Crippen LogP contribution in [-0.4, -0.2) is 81.1 Å². The zero-order chi connectivity index (χ0) is 17.6. The smallest absolute Gasteiger partial charge is 0.225 e. The molecular formula is C19H28N4O2. The Balaban J connectivity index is 1.50. The molecular weight excluding hydrogens is 316 g/mol. The monoisotopic (exact) mass is 344 g/mol. The first-order valence-corrected chi connectivity index (χ1v) is 9.32. The molecule has 3 aliphatic heterocycles. The largest absolute Gasteiger partial charge is 0.392 e. The number of piperazine rings is 1. The van der Waals surface area contributed by atoms with Crippen molar-refractivity contribution in [3.05, 3.63) is 30.1 Å². The quantitative estimate of drug-likeness (QED) is 0.869. The molecule has 0 aromatic carbocycles. The van der Waals surface area contributed by atoms with Gasteiger partial charge in [0.05, 0.1) is 11.6 Å². The summed E-state index contributed by atoms with van der Waals surface area (Å²) in [6.45, 7) is 9.06. The standard InChI is InChI=1S/C19H28N4O2/c1-14(2)18(25)22-12-19(13-22)11-21(8-15-4-3-5-20-7-15)9-16-6-17(24)10-23(16)19/h3-5,7,14,16-17,24H,6,8-13H2,1-2H3. The Morgan fingerprint density at radius 1 is 1.36 bits per heavy atom. The Kier molecular flexibility index (Phi) is 4.30. The number of β-amino-alcohol motifs (C(OH)–C–C–N with tert-alkyl or cyclic N) is 1. The van der Waals surface area contributed by atoms with Crippen LogP contribution in [0.2, 0.25) is 0 Å². The van der Waals surface area contributed by atoms with Crippen LogP contribution in [0.4, 0.5) is 0 Å². The van der Waals surface area contributed by atoms with E-state index in [2.05, 4.69) is 20.9 Å². The van der Waals surface area contributed by atoms with Gasteiger partial charge >= 0.3 is 0 Å². The third-order valence-electron chi connectivity index (χ3n) is 5.89. The van der Waals surface area contributed by atoms with Crippen molar-refractivity contribution in [2.45, 2.75) is 44.5 Å². The summed E-state index contributed by atoms with van der Waals surface area (Å²) in [7, 11) is 0. The summed E-state index contributed by atoms with van der Waals surface area (Å²) in [6, 6.07) is 4.48. The third-order valence-corrected chi connectivity index (χ3v) is 5.89. The van der Waals surface area contributed by atoms with E-state index in [1.165, 1.54) is 5.56 Å². The van der Waals surface area contributed by atoms with Crippen molar-refractivity contribution < 1.29 is 9.90 Å². The number of pyridine rings is 1. The van der Waals surface area contributed by atoms with Crippen molar-refractivity contribution >= 4 is 5.91 Å². The van der Waals surface area contributed by atoms with Crippen LogP contribution in [-0.2, 0) is 11.3 Å². The number of amides is 1. The van der Waals surface area contributed by atoms with Crippen LogP contribution in [0.1, 0.15) is 25.8 Å². The zero-order valence-electron chi connectivity index (χ0n) is 15.1. The highest BCUT2D eigenvalue weighted by Crippen LogP contribution is 2.39. The number of carbonyl (C=O) groups excluding carboxylic acids is 1. The van der Waals surface area contributed by atoms with E-state index in [0.29, 0.717) is 6.04 Å². The van der Waals surface area contributed by atoms with E-state index < -0.39 is 0 Å².